The molecule has 31 heavy (non-hydrogen) atoms. The predicted octanol–water partition coefficient (Wildman–Crippen LogP) is 4.12. The van der Waals surface area contributed by atoms with E-state index in [-0.39, 0.29) is 30.1 Å². The fourth-order valence-electron chi connectivity index (χ4n) is 3.67. The third-order valence-corrected chi connectivity index (χ3v) is 5.16. The number of piperidine rings is 1. The first-order chi connectivity index (χ1) is 14.8. The molecule has 10 heteroatoms. The maximum Gasteiger partial charge on any atom is 0.422 e. The minimum Gasteiger partial charge on any atom is -0.474 e. The largest absolute Gasteiger partial charge is 0.474 e. The van der Waals surface area contributed by atoms with E-state index in [1.165, 1.54) is 10.5 Å². The summed E-state index contributed by atoms with van der Waals surface area (Å²) in [4.78, 5) is 5.88. The van der Waals surface area contributed by atoms with E-state index in [4.69, 9.17) is 9.47 Å². The van der Waals surface area contributed by atoms with Crippen LogP contribution in [-0.4, -0.2) is 44.9 Å². The van der Waals surface area contributed by atoms with Crippen LogP contribution in [-0.2, 0) is 17.5 Å². The van der Waals surface area contributed by atoms with Gasteiger partial charge in [-0.05, 0) is 26.0 Å². The summed E-state index contributed by atoms with van der Waals surface area (Å²) in [6.45, 7) is 4.67. The van der Waals surface area contributed by atoms with Crippen molar-refractivity contribution >= 4 is 11.3 Å². The van der Waals surface area contributed by atoms with E-state index in [1.54, 1.807) is 29.4 Å². The molecule has 3 aromatic heterocycles. The molecule has 0 spiro atoms. The Bertz CT molecular complexity index is 1020. The van der Waals surface area contributed by atoms with E-state index >= 15 is 0 Å². The van der Waals surface area contributed by atoms with Gasteiger partial charge in [0.25, 0.3) is 0 Å². The fourth-order valence-corrected chi connectivity index (χ4v) is 3.67. The van der Waals surface area contributed by atoms with Gasteiger partial charge in [-0.2, -0.15) is 13.2 Å². The Morgan fingerprint density at radius 3 is 2.55 bits per heavy atom. The molecule has 4 heterocycles. The highest BCUT2D eigenvalue weighted by atomic mass is 19.4. The molecule has 0 bridgehead atoms. The molecule has 0 saturated carbocycles. The molecule has 1 fully saturated rings. The van der Waals surface area contributed by atoms with Crippen molar-refractivity contribution in [3.63, 3.8) is 0 Å². The Morgan fingerprint density at radius 1 is 1.13 bits per heavy atom. The van der Waals surface area contributed by atoms with Crippen molar-refractivity contribution in [1.29, 1.82) is 0 Å². The van der Waals surface area contributed by atoms with Gasteiger partial charge in [0.1, 0.15) is 18.3 Å². The van der Waals surface area contributed by atoms with Gasteiger partial charge in [0.2, 0.25) is 5.88 Å². The zero-order valence-corrected chi connectivity index (χ0v) is 17.3. The van der Waals surface area contributed by atoms with E-state index in [2.05, 4.69) is 15.2 Å². The van der Waals surface area contributed by atoms with Crippen molar-refractivity contribution in [2.24, 2.45) is 0 Å². The highest BCUT2D eigenvalue weighted by Crippen LogP contribution is 2.40. The number of fused-ring (bicyclic) bond motifs is 1. The smallest absolute Gasteiger partial charge is 0.422 e. The number of halogens is 3. The van der Waals surface area contributed by atoms with Gasteiger partial charge in [-0.15, -0.1) is 10.2 Å². The topological polar surface area (TPSA) is 64.8 Å². The Hall–Kier alpha value is -2.88. The average molecular weight is 435 g/mol. The zero-order chi connectivity index (χ0) is 22.0. The molecule has 0 aliphatic carbocycles. The number of pyridine rings is 2. The van der Waals surface area contributed by atoms with E-state index < -0.39 is 11.7 Å². The quantitative estimate of drug-likeness (QED) is 0.581. The van der Waals surface area contributed by atoms with Gasteiger partial charge in [-0.1, -0.05) is 6.07 Å². The molecule has 0 amide bonds. The maximum absolute atomic E-state index is 14.0. The summed E-state index contributed by atoms with van der Waals surface area (Å²) >= 11 is 0. The monoisotopic (exact) mass is 435 g/mol. The van der Waals surface area contributed by atoms with Crippen molar-refractivity contribution < 1.29 is 22.6 Å². The number of rotatable bonds is 6. The first kappa shape index (κ1) is 21.4. The zero-order valence-electron chi connectivity index (χ0n) is 17.3. The van der Waals surface area contributed by atoms with Gasteiger partial charge in [0.05, 0.1) is 11.8 Å². The summed E-state index contributed by atoms with van der Waals surface area (Å²) in [7, 11) is 0. The SMILES string of the molecule is CC(C)OCc1nnc2c(C(F)(F)F)c(N3CCC(Oc4ccccn4)CC3)ccn12. The second kappa shape index (κ2) is 8.70. The predicted molar refractivity (Wildman–Crippen MR) is 108 cm³/mol. The Balaban J connectivity index is 1.56. The molecule has 1 saturated heterocycles. The molecule has 0 N–H and O–H groups in total. The second-order valence-electron chi connectivity index (χ2n) is 7.72. The van der Waals surface area contributed by atoms with Crippen LogP contribution in [0.1, 0.15) is 38.1 Å². The third-order valence-electron chi connectivity index (χ3n) is 5.16. The number of hydrogen-bond donors (Lipinski definition) is 0. The number of alkyl halides is 3. The average Bonchev–Trinajstić information content (AvgIpc) is 3.15. The molecule has 1 aliphatic rings. The molecule has 0 aromatic carbocycles. The minimum absolute atomic E-state index is 0.0664. The number of hydrogen-bond acceptors (Lipinski definition) is 6. The van der Waals surface area contributed by atoms with Crippen LogP contribution < -0.4 is 9.64 Å². The summed E-state index contributed by atoms with van der Waals surface area (Å²) in [6, 6.07) is 6.89. The third kappa shape index (κ3) is 4.73. The molecular formula is C21H24F3N5O2. The van der Waals surface area contributed by atoms with Gasteiger partial charge in [0, 0.05) is 44.4 Å². The highest BCUT2D eigenvalue weighted by molar-refractivity contribution is 5.67. The first-order valence-electron chi connectivity index (χ1n) is 10.2. The molecule has 0 radical (unpaired) electrons. The van der Waals surface area contributed by atoms with E-state index in [0.29, 0.717) is 37.6 Å². The summed E-state index contributed by atoms with van der Waals surface area (Å²) in [6.07, 6.45) is -0.301. The minimum atomic E-state index is -4.57. The Labute approximate surface area is 177 Å². The van der Waals surface area contributed by atoms with Gasteiger partial charge in [0.15, 0.2) is 11.5 Å². The van der Waals surface area contributed by atoms with E-state index in [1.807, 2.05) is 19.9 Å². The molecule has 7 nitrogen and oxygen atoms in total. The molecule has 3 aromatic rings. The lowest BCUT2D eigenvalue weighted by Gasteiger charge is -2.34. The van der Waals surface area contributed by atoms with Gasteiger partial charge in [-0.25, -0.2) is 4.98 Å². The van der Waals surface area contributed by atoms with Crippen LogP contribution in [0.5, 0.6) is 5.88 Å². The van der Waals surface area contributed by atoms with Crippen LogP contribution in [0.15, 0.2) is 36.7 Å². The molecule has 0 unspecified atom stereocenters. The van der Waals surface area contributed by atoms with Crippen molar-refractivity contribution in [1.82, 2.24) is 19.6 Å². The summed E-state index contributed by atoms with van der Waals surface area (Å²) in [5.74, 6) is 0.862. The fraction of sp³-hybridized carbons (Fsp3) is 0.476. The van der Waals surface area contributed by atoms with Crippen molar-refractivity contribution in [3.8, 4) is 5.88 Å². The number of nitrogens with zero attached hydrogens (tertiary/aromatic N) is 5. The lowest BCUT2D eigenvalue weighted by atomic mass is 10.1. The summed E-state index contributed by atoms with van der Waals surface area (Å²) in [5, 5.41) is 7.77. The van der Waals surface area contributed by atoms with Gasteiger partial charge >= 0.3 is 6.18 Å². The van der Waals surface area contributed by atoms with Crippen LogP contribution in [0.25, 0.3) is 5.65 Å². The molecule has 1 aliphatic heterocycles. The maximum atomic E-state index is 14.0. The van der Waals surface area contributed by atoms with Gasteiger partial charge < -0.3 is 14.4 Å². The number of ether oxygens (including phenoxy) is 2. The summed E-state index contributed by atoms with van der Waals surface area (Å²) in [5.41, 5.74) is -0.873. The van der Waals surface area contributed by atoms with Crippen molar-refractivity contribution in [3.05, 3.63) is 48.0 Å². The molecule has 0 atom stereocenters. The second-order valence-corrected chi connectivity index (χ2v) is 7.72. The normalized spacial score (nSPS) is 15.7. The Morgan fingerprint density at radius 2 is 1.90 bits per heavy atom. The molecular weight excluding hydrogens is 411 g/mol. The lowest BCUT2D eigenvalue weighted by molar-refractivity contribution is -0.136. The molecule has 166 valence electrons. The number of aromatic nitrogens is 4. The van der Waals surface area contributed by atoms with Crippen molar-refractivity contribution in [2.45, 2.75) is 51.7 Å². The first-order valence-corrected chi connectivity index (χ1v) is 10.2. The van der Waals surface area contributed by atoms with E-state index in [0.717, 1.165) is 0 Å². The van der Waals surface area contributed by atoms with E-state index in [9.17, 15) is 13.2 Å². The summed E-state index contributed by atoms with van der Waals surface area (Å²) < 4.78 is 54.8. The standard InChI is InChI=1S/C21H24F3N5O2/c1-14(2)30-13-17-26-27-20-19(21(22,23)24)16(8-12-29(17)20)28-10-6-15(7-11-28)31-18-5-3-4-9-25-18/h3-5,8-9,12,14-15H,6-7,10-11,13H2,1-2H3. The van der Waals surface area contributed by atoms with Crippen LogP contribution in [0.2, 0.25) is 0 Å². The number of anilines is 1. The van der Waals surface area contributed by atoms with Crippen LogP contribution in [0.3, 0.4) is 0 Å². The van der Waals surface area contributed by atoms with Crippen LogP contribution in [0.4, 0.5) is 18.9 Å². The molecule has 4 rings (SSSR count). The highest BCUT2D eigenvalue weighted by Gasteiger charge is 2.39. The van der Waals surface area contributed by atoms with Crippen LogP contribution in [0, 0.1) is 0 Å². The lowest BCUT2D eigenvalue weighted by Crippen LogP contribution is -2.39. The van der Waals surface area contributed by atoms with Gasteiger partial charge in [-0.3, -0.25) is 4.40 Å². The Kier molecular flexibility index (Phi) is 5.99. The van der Waals surface area contributed by atoms with Crippen LogP contribution >= 0.6 is 0 Å². The van der Waals surface area contributed by atoms with Crippen molar-refractivity contribution in [2.75, 3.05) is 18.0 Å².